The number of carboxylic acids is 1. The van der Waals surface area contributed by atoms with E-state index >= 15 is 0 Å². The molecule has 0 saturated carbocycles. The highest BCUT2D eigenvalue weighted by molar-refractivity contribution is 5.70. The number of carbonyl (C=O) groups is 3. The number of ether oxygens (including phenoxy) is 4. The number of hydrogen-bond donors (Lipinski definition) is 0. The van der Waals surface area contributed by atoms with Crippen molar-refractivity contribution in [3.8, 4) is 0 Å². The first-order valence-corrected chi connectivity index (χ1v) is 31.9. The van der Waals surface area contributed by atoms with Crippen molar-refractivity contribution in [2.75, 3.05) is 47.5 Å². The summed E-state index contributed by atoms with van der Waals surface area (Å²) in [6.07, 6.45) is 92.4. The molecule has 0 heterocycles. The minimum absolute atomic E-state index is 0.130. The third-order valence-electron chi connectivity index (χ3n) is 12.6. The summed E-state index contributed by atoms with van der Waals surface area (Å²) in [5.74, 6) is -2.35. The molecular formula is C74H115NO8. The van der Waals surface area contributed by atoms with E-state index in [1.54, 1.807) is 0 Å². The lowest BCUT2D eigenvalue weighted by molar-refractivity contribution is -0.870. The Morgan fingerprint density at radius 3 is 0.964 bits per heavy atom. The van der Waals surface area contributed by atoms with Gasteiger partial charge in [0.15, 0.2) is 12.4 Å². The third kappa shape index (κ3) is 63.8. The van der Waals surface area contributed by atoms with Gasteiger partial charge in [-0.2, -0.15) is 0 Å². The van der Waals surface area contributed by atoms with Gasteiger partial charge in [0, 0.05) is 12.8 Å². The Hall–Kier alpha value is -5.61. The molecule has 0 amide bonds. The van der Waals surface area contributed by atoms with Gasteiger partial charge in [-0.15, -0.1) is 0 Å². The summed E-state index contributed by atoms with van der Waals surface area (Å²) in [5.41, 5.74) is 0. The summed E-state index contributed by atoms with van der Waals surface area (Å²) in [6.45, 7) is 4.45. The molecule has 0 fully saturated rings. The summed E-state index contributed by atoms with van der Waals surface area (Å²) in [6, 6.07) is 0. The summed E-state index contributed by atoms with van der Waals surface area (Å²) in [4.78, 5) is 37.4. The van der Waals surface area contributed by atoms with Gasteiger partial charge in [-0.1, -0.05) is 241 Å². The lowest BCUT2D eigenvalue weighted by Gasteiger charge is -2.26. The Kier molecular flexibility index (Phi) is 58.2. The van der Waals surface area contributed by atoms with E-state index in [1.807, 2.05) is 21.1 Å². The van der Waals surface area contributed by atoms with Crippen LogP contribution in [0.25, 0.3) is 0 Å². The lowest BCUT2D eigenvalue weighted by Crippen LogP contribution is -2.44. The van der Waals surface area contributed by atoms with Crippen LogP contribution in [0.3, 0.4) is 0 Å². The molecule has 0 aromatic heterocycles. The molecule has 0 bridgehead atoms. The first kappa shape index (κ1) is 77.4. The minimum atomic E-state index is -1.64. The molecule has 83 heavy (non-hydrogen) atoms. The van der Waals surface area contributed by atoms with E-state index in [0.717, 1.165) is 167 Å². The van der Waals surface area contributed by atoms with Gasteiger partial charge in [-0.3, -0.25) is 9.59 Å². The van der Waals surface area contributed by atoms with Gasteiger partial charge in [-0.25, -0.2) is 0 Å². The van der Waals surface area contributed by atoms with Crippen LogP contribution < -0.4 is 5.11 Å². The second-order valence-corrected chi connectivity index (χ2v) is 21.6. The van der Waals surface area contributed by atoms with Crippen LogP contribution in [-0.4, -0.2) is 82.3 Å². The summed E-state index contributed by atoms with van der Waals surface area (Å²) >= 11 is 0. The third-order valence-corrected chi connectivity index (χ3v) is 12.6. The number of quaternary nitrogens is 1. The van der Waals surface area contributed by atoms with E-state index in [0.29, 0.717) is 23.9 Å². The minimum Gasteiger partial charge on any atom is -0.545 e. The van der Waals surface area contributed by atoms with E-state index in [2.05, 4.69) is 196 Å². The molecule has 0 aliphatic rings. The van der Waals surface area contributed by atoms with Crippen molar-refractivity contribution in [1.82, 2.24) is 0 Å². The number of hydrogen-bond acceptors (Lipinski definition) is 8. The fraction of sp³-hybridized carbons (Fsp3) is 0.554. The normalized spacial score (nSPS) is 14.0. The predicted octanol–water partition coefficient (Wildman–Crippen LogP) is 18.3. The molecule has 9 nitrogen and oxygen atoms in total. The first-order chi connectivity index (χ1) is 40.6. The van der Waals surface area contributed by atoms with Gasteiger partial charge in [0.25, 0.3) is 0 Å². The average Bonchev–Trinajstić information content (AvgIpc) is 3.46. The number of rotatable bonds is 56. The number of aliphatic carboxylic acids is 1. The maximum atomic E-state index is 12.9. The van der Waals surface area contributed by atoms with Crippen LogP contribution in [0.5, 0.6) is 0 Å². The van der Waals surface area contributed by atoms with Crippen LogP contribution in [-0.2, 0) is 33.3 Å². The van der Waals surface area contributed by atoms with E-state index in [9.17, 15) is 19.5 Å². The molecule has 2 atom stereocenters. The number of esters is 2. The van der Waals surface area contributed by atoms with E-state index < -0.39 is 24.3 Å². The number of unbranched alkanes of at least 4 members (excludes halogenated alkanes) is 11. The fourth-order valence-electron chi connectivity index (χ4n) is 7.82. The van der Waals surface area contributed by atoms with Gasteiger partial charge >= 0.3 is 11.9 Å². The van der Waals surface area contributed by atoms with Crippen LogP contribution in [0.1, 0.15) is 206 Å². The highest BCUT2D eigenvalue weighted by Crippen LogP contribution is 2.13. The van der Waals surface area contributed by atoms with Crippen molar-refractivity contribution in [2.24, 2.45) is 0 Å². The number of carbonyl (C=O) groups excluding carboxylic acids is 3. The Labute approximate surface area is 507 Å². The summed E-state index contributed by atoms with van der Waals surface area (Å²) in [7, 11) is 5.89. The Balaban J connectivity index is 4.29. The Bertz CT molecular complexity index is 2010. The first-order valence-electron chi connectivity index (χ1n) is 31.9. The molecule has 2 unspecified atom stereocenters. The predicted molar refractivity (Wildman–Crippen MR) is 351 cm³/mol. The van der Waals surface area contributed by atoms with Crippen molar-refractivity contribution < 1.29 is 42.9 Å². The molecule has 0 aromatic carbocycles. The van der Waals surface area contributed by atoms with Crippen LogP contribution >= 0.6 is 0 Å². The maximum Gasteiger partial charge on any atom is 0.306 e. The summed E-state index contributed by atoms with van der Waals surface area (Å²) in [5, 5.41) is 11.8. The highest BCUT2D eigenvalue weighted by Gasteiger charge is 2.22. The van der Waals surface area contributed by atoms with Crippen LogP contribution in [0.15, 0.2) is 182 Å². The number of carboxylic acid groups (broad SMARTS) is 1. The number of nitrogens with zero attached hydrogens (tertiary/aromatic N) is 1. The highest BCUT2D eigenvalue weighted by atomic mass is 16.7. The topological polar surface area (TPSA) is 111 Å². The molecule has 0 aromatic rings. The van der Waals surface area contributed by atoms with Gasteiger partial charge < -0.3 is 33.3 Å². The molecule has 0 radical (unpaired) electrons. The van der Waals surface area contributed by atoms with E-state index in [1.165, 1.54) is 0 Å². The Morgan fingerprint density at radius 1 is 0.361 bits per heavy atom. The second kappa shape index (κ2) is 62.4. The van der Waals surface area contributed by atoms with Crippen LogP contribution in [0, 0.1) is 0 Å². The van der Waals surface area contributed by atoms with Crippen molar-refractivity contribution in [2.45, 2.75) is 219 Å². The molecule has 9 heteroatoms. The average molecular weight is 1150 g/mol. The zero-order chi connectivity index (χ0) is 60.5. The zero-order valence-electron chi connectivity index (χ0n) is 52.7. The van der Waals surface area contributed by atoms with Gasteiger partial charge in [-0.05, 0) is 135 Å². The zero-order valence-corrected chi connectivity index (χ0v) is 52.7. The molecule has 0 spiro atoms. The Morgan fingerprint density at radius 2 is 0.651 bits per heavy atom. The van der Waals surface area contributed by atoms with E-state index in [-0.39, 0.29) is 38.6 Å². The van der Waals surface area contributed by atoms with Crippen molar-refractivity contribution in [1.29, 1.82) is 0 Å². The monoisotopic (exact) mass is 1150 g/mol. The standard InChI is InChI=1S/C74H115NO8/c1-6-8-10-12-14-16-18-20-22-24-26-27-28-29-30-31-32-33-34-35-36-37-38-39-40-41-42-43-44-45-47-49-51-53-55-57-59-61-63-65-72(77)83-70(69-82-74(73(78)79)80-67-66-75(3,4)5)68-81-71(76)64-62-60-58-56-54-52-50-48-46-25-23-21-19-17-15-13-11-9-7-2/h8-11,14-17,20-23,26-27,29-30,32-33,35-36,38-39,41-42,44-46,48-49,51,70,74H,6-7,12-13,18-19,24-25,28,31,34,37,40,43,47,50,52-69H2,1-5H3/b10-8-,11-9-,16-14-,17-15-,22-20-,23-21-,27-26-,30-29-,33-32-,36-35-,39-38-,42-41-,45-44-,48-46-,51-49-. The van der Waals surface area contributed by atoms with Gasteiger partial charge in [0.05, 0.1) is 40.3 Å². The van der Waals surface area contributed by atoms with Crippen molar-refractivity contribution in [3.63, 3.8) is 0 Å². The largest absolute Gasteiger partial charge is 0.545 e. The van der Waals surface area contributed by atoms with Crippen molar-refractivity contribution >= 4 is 17.9 Å². The van der Waals surface area contributed by atoms with E-state index in [4.69, 9.17) is 18.9 Å². The molecule has 0 rings (SSSR count). The van der Waals surface area contributed by atoms with Crippen LogP contribution in [0.2, 0.25) is 0 Å². The quantitative estimate of drug-likeness (QED) is 0.0195. The van der Waals surface area contributed by atoms with Gasteiger partial charge in [0.2, 0.25) is 0 Å². The lowest BCUT2D eigenvalue weighted by atomic mass is 10.1. The van der Waals surface area contributed by atoms with Crippen LogP contribution in [0.4, 0.5) is 0 Å². The molecule has 0 N–H and O–H groups in total. The maximum absolute atomic E-state index is 12.9. The molecule has 464 valence electrons. The molecule has 0 saturated heterocycles. The number of allylic oxidation sites excluding steroid dienone is 30. The smallest absolute Gasteiger partial charge is 0.306 e. The molecule has 0 aliphatic heterocycles. The fourth-order valence-corrected chi connectivity index (χ4v) is 7.82. The molecular weight excluding hydrogens is 1030 g/mol. The SMILES string of the molecule is CC/C=C\C/C=C\C/C=C\C/C=C\C/C=C\C/C=C\C/C=C\C/C=C\C/C=C\C/C=C\C/C=C\CCCCCCCC(=O)OC(COC(=O)CCCCCCCC/C=C\C/C=C\C/C=C\C/C=C\CC)COC(OCC[N+](C)(C)C)C(=O)[O-]. The molecule has 0 aliphatic carbocycles. The second-order valence-electron chi connectivity index (χ2n) is 21.6. The number of likely N-dealkylation sites (N-methyl/N-ethyl adjacent to an activating group) is 1. The van der Waals surface area contributed by atoms with Crippen molar-refractivity contribution in [3.05, 3.63) is 182 Å². The summed E-state index contributed by atoms with van der Waals surface area (Å²) < 4.78 is 22.7. The van der Waals surface area contributed by atoms with Gasteiger partial charge in [0.1, 0.15) is 13.2 Å².